The number of nitrogen functional groups attached to an aromatic ring is 1. The van der Waals surface area contributed by atoms with E-state index in [0.29, 0.717) is 17.4 Å². The number of rotatable bonds is 3. The zero-order chi connectivity index (χ0) is 14.8. The van der Waals surface area contributed by atoms with Gasteiger partial charge in [0.05, 0.1) is 17.6 Å². The van der Waals surface area contributed by atoms with Crippen molar-refractivity contribution >= 4 is 22.7 Å². The number of aromatic nitrogens is 4. The van der Waals surface area contributed by atoms with Gasteiger partial charge in [0.15, 0.2) is 23.2 Å². The molecule has 0 saturated carbocycles. The number of para-hydroxylation sites is 2. The van der Waals surface area contributed by atoms with Gasteiger partial charge in [-0.15, -0.1) is 0 Å². The second kappa shape index (κ2) is 5.09. The standard InChI is InChI=1S/C11H13N9O/c12-10-9(18-21-19-10)11-15-6-3-1-2-4-7(6)20(11)5-8(16-13)17-14/h1-4H,5,13-14H2,(H2,12,19)(H,16,17). The average Bonchev–Trinajstić information content (AvgIpc) is 3.08. The Hall–Kier alpha value is -3.14. The minimum atomic E-state index is 0.151. The molecule has 108 valence electrons. The van der Waals surface area contributed by atoms with Gasteiger partial charge in [0.25, 0.3) is 0 Å². The van der Waals surface area contributed by atoms with E-state index in [1.54, 1.807) is 0 Å². The summed E-state index contributed by atoms with van der Waals surface area (Å²) in [5, 5.41) is 10.9. The number of hydrazine groups is 1. The average molecular weight is 287 g/mol. The highest BCUT2D eigenvalue weighted by atomic mass is 16.6. The summed E-state index contributed by atoms with van der Waals surface area (Å²) in [5.74, 6) is 11.7. The lowest BCUT2D eigenvalue weighted by Gasteiger charge is -2.09. The molecule has 0 unspecified atom stereocenters. The number of imidazole rings is 1. The molecule has 21 heavy (non-hydrogen) atoms. The van der Waals surface area contributed by atoms with E-state index in [9.17, 15) is 0 Å². The number of nitrogens with two attached hydrogens (primary N) is 3. The number of hydrogen-bond acceptors (Lipinski definition) is 8. The van der Waals surface area contributed by atoms with Gasteiger partial charge in [0.1, 0.15) is 0 Å². The van der Waals surface area contributed by atoms with Gasteiger partial charge in [-0.05, 0) is 22.4 Å². The number of fused-ring (bicyclic) bond motifs is 1. The Balaban J connectivity index is 2.21. The second-order valence-corrected chi connectivity index (χ2v) is 4.23. The first-order chi connectivity index (χ1) is 10.2. The fourth-order valence-electron chi connectivity index (χ4n) is 2.04. The summed E-state index contributed by atoms with van der Waals surface area (Å²) in [5.41, 5.74) is 10.1. The molecule has 0 spiro atoms. The Morgan fingerprint density at radius 2 is 2.14 bits per heavy atom. The van der Waals surface area contributed by atoms with Crippen molar-refractivity contribution in [2.45, 2.75) is 6.54 Å². The SMILES string of the molecule is N/N=C(/Cn1c(-c2nonc2N)nc2ccccc21)NN. The van der Waals surface area contributed by atoms with Crippen LogP contribution in [0.25, 0.3) is 22.6 Å². The number of nitrogens with zero attached hydrogens (tertiary/aromatic N) is 5. The third-order valence-corrected chi connectivity index (χ3v) is 3.01. The van der Waals surface area contributed by atoms with Crippen molar-refractivity contribution in [3.63, 3.8) is 0 Å². The minimum Gasteiger partial charge on any atom is -0.379 e. The van der Waals surface area contributed by atoms with Crippen LogP contribution in [0.5, 0.6) is 0 Å². The summed E-state index contributed by atoms with van der Waals surface area (Å²) in [6.07, 6.45) is 0. The monoisotopic (exact) mass is 287 g/mol. The summed E-state index contributed by atoms with van der Waals surface area (Å²) in [6, 6.07) is 7.55. The van der Waals surface area contributed by atoms with Crippen LogP contribution < -0.4 is 22.8 Å². The Morgan fingerprint density at radius 1 is 1.33 bits per heavy atom. The van der Waals surface area contributed by atoms with Crippen molar-refractivity contribution < 1.29 is 4.63 Å². The maximum atomic E-state index is 5.74. The molecular weight excluding hydrogens is 274 g/mol. The van der Waals surface area contributed by atoms with Gasteiger partial charge in [-0.25, -0.2) is 15.5 Å². The highest BCUT2D eigenvalue weighted by molar-refractivity contribution is 5.87. The van der Waals surface area contributed by atoms with Crippen molar-refractivity contribution in [3.05, 3.63) is 24.3 Å². The highest BCUT2D eigenvalue weighted by Crippen LogP contribution is 2.26. The summed E-state index contributed by atoms with van der Waals surface area (Å²) in [7, 11) is 0. The molecule has 0 aliphatic rings. The van der Waals surface area contributed by atoms with E-state index in [1.165, 1.54) is 0 Å². The number of amidine groups is 1. The molecule has 0 aliphatic heterocycles. The van der Waals surface area contributed by atoms with Crippen LogP contribution in [0.3, 0.4) is 0 Å². The molecule has 0 amide bonds. The number of hydrazone groups is 1. The number of anilines is 1. The molecule has 3 rings (SSSR count). The summed E-state index contributed by atoms with van der Waals surface area (Å²) in [4.78, 5) is 4.49. The number of nitrogens with one attached hydrogen (secondary N) is 1. The first kappa shape index (κ1) is 12.9. The van der Waals surface area contributed by atoms with Crippen molar-refractivity contribution in [1.29, 1.82) is 0 Å². The van der Waals surface area contributed by atoms with Crippen molar-refractivity contribution in [2.24, 2.45) is 16.8 Å². The molecule has 2 heterocycles. The second-order valence-electron chi connectivity index (χ2n) is 4.23. The van der Waals surface area contributed by atoms with Crippen LogP contribution in [0.2, 0.25) is 0 Å². The molecule has 0 atom stereocenters. The maximum Gasteiger partial charge on any atom is 0.199 e. The predicted octanol–water partition coefficient (Wildman–Crippen LogP) is -0.596. The van der Waals surface area contributed by atoms with Crippen molar-refractivity contribution in [2.75, 3.05) is 5.73 Å². The third-order valence-electron chi connectivity index (χ3n) is 3.01. The van der Waals surface area contributed by atoms with E-state index in [1.807, 2.05) is 28.8 Å². The van der Waals surface area contributed by atoms with Gasteiger partial charge in [0.2, 0.25) is 0 Å². The summed E-state index contributed by atoms with van der Waals surface area (Å²) in [6.45, 7) is 0.273. The molecule has 3 aromatic rings. The van der Waals surface area contributed by atoms with Crippen molar-refractivity contribution in [1.82, 2.24) is 25.3 Å². The van der Waals surface area contributed by atoms with Crippen molar-refractivity contribution in [3.8, 4) is 11.5 Å². The molecule has 10 nitrogen and oxygen atoms in total. The van der Waals surface area contributed by atoms with Crippen LogP contribution in [0, 0.1) is 0 Å². The fraction of sp³-hybridized carbons (Fsp3) is 0.0909. The fourth-order valence-corrected chi connectivity index (χ4v) is 2.04. The molecule has 10 heteroatoms. The molecule has 0 aliphatic carbocycles. The van der Waals surface area contributed by atoms with E-state index < -0.39 is 0 Å². The van der Waals surface area contributed by atoms with Gasteiger partial charge < -0.3 is 21.6 Å². The lowest BCUT2D eigenvalue weighted by atomic mass is 10.3. The van der Waals surface area contributed by atoms with Crippen LogP contribution in [0.4, 0.5) is 5.82 Å². The Morgan fingerprint density at radius 3 is 2.81 bits per heavy atom. The smallest absolute Gasteiger partial charge is 0.199 e. The van der Waals surface area contributed by atoms with E-state index in [4.69, 9.17) is 17.4 Å². The Kier molecular flexibility index (Phi) is 3.12. The van der Waals surface area contributed by atoms with E-state index >= 15 is 0 Å². The Bertz CT molecular complexity index is 803. The summed E-state index contributed by atoms with van der Waals surface area (Å²) < 4.78 is 6.45. The lowest BCUT2D eigenvalue weighted by Crippen LogP contribution is -2.34. The van der Waals surface area contributed by atoms with Gasteiger partial charge in [-0.1, -0.05) is 12.1 Å². The summed E-state index contributed by atoms with van der Waals surface area (Å²) >= 11 is 0. The quantitative estimate of drug-likeness (QED) is 0.215. The zero-order valence-electron chi connectivity index (χ0n) is 10.9. The van der Waals surface area contributed by atoms with Crippen LogP contribution in [-0.4, -0.2) is 25.7 Å². The van der Waals surface area contributed by atoms with Crippen LogP contribution >= 0.6 is 0 Å². The van der Waals surface area contributed by atoms with E-state index in [0.717, 1.165) is 11.0 Å². The lowest BCUT2D eigenvalue weighted by molar-refractivity contribution is 0.310. The largest absolute Gasteiger partial charge is 0.379 e. The van der Waals surface area contributed by atoms with Gasteiger partial charge in [-0.3, -0.25) is 0 Å². The van der Waals surface area contributed by atoms with Crippen LogP contribution in [-0.2, 0) is 6.54 Å². The topological polar surface area (TPSA) is 159 Å². The van der Waals surface area contributed by atoms with Gasteiger partial charge in [-0.2, -0.15) is 5.10 Å². The molecule has 0 bridgehead atoms. The molecule has 0 saturated heterocycles. The number of benzene rings is 1. The molecule has 0 radical (unpaired) electrons. The van der Waals surface area contributed by atoms with Crippen LogP contribution in [0.15, 0.2) is 34.0 Å². The first-order valence-electron chi connectivity index (χ1n) is 6.01. The highest BCUT2D eigenvalue weighted by Gasteiger charge is 2.19. The van der Waals surface area contributed by atoms with E-state index in [2.05, 4.69) is 30.5 Å². The molecule has 2 aromatic heterocycles. The molecular formula is C11H13N9O. The van der Waals surface area contributed by atoms with Gasteiger partial charge in [0, 0.05) is 0 Å². The first-order valence-corrected chi connectivity index (χ1v) is 6.01. The zero-order valence-corrected chi connectivity index (χ0v) is 10.9. The third kappa shape index (κ3) is 2.12. The normalized spacial score (nSPS) is 12.0. The minimum absolute atomic E-state index is 0.151. The Labute approximate surface area is 118 Å². The van der Waals surface area contributed by atoms with E-state index in [-0.39, 0.29) is 12.4 Å². The van der Waals surface area contributed by atoms with Crippen LogP contribution in [0.1, 0.15) is 0 Å². The maximum absolute atomic E-state index is 5.74. The molecule has 0 fully saturated rings. The molecule has 7 N–H and O–H groups in total. The number of hydrogen-bond donors (Lipinski definition) is 4. The van der Waals surface area contributed by atoms with Gasteiger partial charge >= 0.3 is 0 Å². The predicted molar refractivity (Wildman–Crippen MR) is 76.4 cm³/mol. The molecule has 1 aromatic carbocycles.